The van der Waals surface area contributed by atoms with Gasteiger partial charge in [-0.05, 0) is 6.92 Å². The Hall–Kier alpha value is 0.913. The molecule has 0 nitrogen and oxygen atoms in total. The van der Waals surface area contributed by atoms with E-state index in [0.29, 0.717) is 5.88 Å². The largest absolute Gasteiger partial charge is 0.127 e. The van der Waals surface area contributed by atoms with E-state index in [1.54, 1.807) is 0 Å². The summed E-state index contributed by atoms with van der Waals surface area (Å²) >= 11 is 4.89. The molecule has 0 amide bonds. The zero-order valence-corrected chi connectivity index (χ0v) is 6.22. The van der Waals surface area contributed by atoms with Crippen molar-refractivity contribution in [2.24, 2.45) is 0 Å². The van der Waals surface area contributed by atoms with Gasteiger partial charge in [0.05, 0.1) is 0 Å². The Morgan fingerprint density at radius 2 is 1.75 bits per heavy atom. The fourth-order valence-corrected chi connectivity index (χ4v) is 0. The Morgan fingerprint density at radius 3 is 1.75 bits per heavy atom. The second kappa shape index (κ2) is 9.07. The number of alkyl halides is 1. The maximum atomic E-state index is 4.89. The van der Waals surface area contributed by atoms with Crippen molar-refractivity contribution in [3.8, 4) is 0 Å². The number of hydrogen-bond acceptors (Lipinski definition) is 0. The normalized spacial score (nSPS) is 4.50. The van der Waals surface area contributed by atoms with E-state index in [0.717, 1.165) is 0 Å². The molecule has 0 aliphatic carbocycles. The van der Waals surface area contributed by atoms with E-state index in [9.17, 15) is 0 Å². The van der Waals surface area contributed by atoms with Gasteiger partial charge in [0.15, 0.2) is 0 Å². The van der Waals surface area contributed by atoms with Gasteiger partial charge < -0.3 is 0 Å². The summed E-state index contributed by atoms with van der Waals surface area (Å²) in [5.41, 5.74) is 0. The maximum Gasteiger partial charge on any atom is 0.0223 e. The molecule has 0 atom stereocenters. The van der Waals surface area contributed by atoms with Crippen molar-refractivity contribution in [2.75, 3.05) is 5.88 Å². The van der Waals surface area contributed by atoms with E-state index >= 15 is 0 Å². The van der Waals surface area contributed by atoms with Crippen LogP contribution >= 0.6 is 11.6 Å². The molecule has 0 aromatic carbocycles. The summed E-state index contributed by atoms with van der Waals surface area (Å²) in [7, 11) is 0. The Kier molecular flexibility index (Phi) is 20.1. The van der Waals surface area contributed by atoms with Gasteiger partial charge in [0, 0.05) is 25.4 Å². The molecule has 0 aliphatic heterocycles. The third-order valence-electron chi connectivity index (χ3n) is 0. The van der Waals surface area contributed by atoms with Crippen LogP contribution in [-0.4, -0.2) is 5.88 Å². The van der Waals surface area contributed by atoms with E-state index < -0.39 is 0 Å². The predicted octanol–water partition coefficient (Wildman–Crippen LogP) is 1.06. The molecule has 1 radical (unpaired) electrons. The van der Waals surface area contributed by atoms with E-state index in [4.69, 9.17) is 11.6 Å². The number of rotatable bonds is 0. The Balaban J connectivity index is 0. The van der Waals surface area contributed by atoms with Gasteiger partial charge in [-0.1, -0.05) is 0 Å². The summed E-state index contributed by atoms with van der Waals surface area (Å²) in [6.07, 6.45) is 0. The molecule has 2 heteroatoms. The summed E-state index contributed by atoms with van der Waals surface area (Å²) in [4.78, 5) is 0. The molecule has 0 N–H and O–H groups in total. The van der Waals surface area contributed by atoms with E-state index in [1.165, 1.54) is 0 Å². The zero-order valence-electron chi connectivity index (χ0n) is 2.50. The van der Waals surface area contributed by atoms with Gasteiger partial charge in [0.2, 0.25) is 0 Å². The van der Waals surface area contributed by atoms with Crippen LogP contribution in [0.5, 0.6) is 0 Å². The monoisotopic (exact) mass is 127 g/mol. The second-order valence-corrected chi connectivity index (χ2v) is 0.567. The summed E-state index contributed by atoms with van der Waals surface area (Å²) in [6, 6.07) is 0. The molecule has 0 bridgehead atoms. The Bertz CT molecular complexity index is 6.00. The average molecular weight is 129 g/mol. The van der Waals surface area contributed by atoms with E-state index in [-0.39, 0.29) is 19.5 Å². The first-order chi connectivity index (χ1) is 1.41. The van der Waals surface area contributed by atoms with Crippen molar-refractivity contribution in [3.63, 3.8) is 0 Å². The predicted molar refractivity (Wildman–Crippen MR) is 16.1 cm³/mol. The van der Waals surface area contributed by atoms with Crippen LogP contribution < -0.4 is 0 Å². The molecule has 0 aromatic heterocycles. The van der Waals surface area contributed by atoms with Crippen LogP contribution in [0.15, 0.2) is 0 Å². The van der Waals surface area contributed by atoms with Crippen LogP contribution in [-0.2, 0) is 19.5 Å². The summed E-state index contributed by atoms with van der Waals surface area (Å²) in [5, 5.41) is 0. The van der Waals surface area contributed by atoms with E-state index in [1.807, 2.05) is 0 Å². The maximum absolute atomic E-state index is 4.89. The fraction of sp³-hybridized carbons (Fsp3) is 0.500. The Labute approximate surface area is 44.3 Å². The molecule has 21 valence electrons. The Morgan fingerprint density at radius 1 is 1.75 bits per heavy atom. The van der Waals surface area contributed by atoms with Gasteiger partial charge in [0.25, 0.3) is 0 Å². The van der Waals surface area contributed by atoms with Crippen molar-refractivity contribution >= 4 is 11.6 Å². The molecule has 4 heavy (non-hydrogen) atoms. The molecule has 0 aromatic rings. The van der Waals surface area contributed by atoms with E-state index in [2.05, 4.69) is 6.92 Å². The van der Waals surface area contributed by atoms with Crippen molar-refractivity contribution in [1.29, 1.82) is 0 Å². The van der Waals surface area contributed by atoms with Crippen molar-refractivity contribution in [2.45, 2.75) is 0 Å². The molecule has 0 saturated heterocycles. The van der Waals surface area contributed by atoms with Gasteiger partial charge in [-0.25, -0.2) is 0 Å². The first kappa shape index (κ1) is 8.87. The second-order valence-electron chi connectivity index (χ2n) is 0.189. The van der Waals surface area contributed by atoms with Gasteiger partial charge >= 0.3 is 0 Å². The fourth-order valence-electron chi connectivity index (χ4n) is 0. The minimum absolute atomic E-state index is 0. The van der Waals surface area contributed by atoms with Crippen LogP contribution in [0.2, 0.25) is 0 Å². The molecule has 0 unspecified atom stereocenters. The number of hydrogen-bond donors (Lipinski definition) is 0. The summed E-state index contributed by atoms with van der Waals surface area (Å²) < 4.78 is 0. The quantitative estimate of drug-likeness (QED) is 0.338. The molecule has 0 aliphatic rings. The topological polar surface area (TPSA) is 0 Å². The smallest absolute Gasteiger partial charge is 0.0223 e. The molecular formula is C2H4ClZn. The number of halogens is 1. The molecule has 0 fully saturated rings. The summed E-state index contributed by atoms with van der Waals surface area (Å²) in [6.45, 7) is 3.25. The van der Waals surface area contributed by atoms with Crippen LogP contribution in [0, 0.1) is 6.92 Å². The van der Waals surface area contributed by atoms with Gasteiger partial charge in [-0.3, -0.25) is 0 Å². The van der Waals surface area contributed by atoms with Gasteiger partial charge in [0.1, 0.15) is 0 Å². The van der Waals surface area contributed by atoms with Gasteiger partial charge in [-0.15, -0.1) is 11.6 Å². The molecule has 0 saturated carbocycles. The molecular weight excluding hydrogens is 125 g/mol. The minimum Gasteiger partial charge on any atom is -0.127 e. The third kappa shape index (κ3) is 12.8. The standard InChI is InChI=1S/C2H4Cl.Zn/c1-2-3;/h1-2H2;. The average Bonchev–Trinajstić information content (AvgIpc) is 0.918. The van der Waals surface area contributed by atoms with Crippen LogP contribution in [0.1, 0.15) is 0 Å². The zero-order chi connectivity index (χ0) is 2.71. The minimum atomic E-state index is 0. The van der Waals surface area contributed by atoms with Crippen molar-refractivity contribution < 1.29 is 19.5 Å². The first-order valence-electron chi connectivity index (χ1n) is 0.767. The van der Waals surface area contributed by atoms with Crippen LogP contribution in [0.4, 0.5) is 0 Å². The molecule has 0 heterocycles. The van der Waals surface area contributed by atoms with Gasteiger partial charge in [-0.2, -0.15) is 0 Å². The SMILES string of the molecule is [CH2]CCl.[Zn]. The van der Waals surface area contributed by atoms with Crippen molar-refractivity contribution in [1.82, 2.24) is 0 Å². The molecule has 0 spiro atoms. The van der Waals surface area contributed by atoms with Crippen LogP contribution in [0.3, 0.4) is 0 Å². The first-order valence-corrected chi connectivity index (χ1v) is 1.30. The van der Waals surface area contributed by atoms with Crippen molar-refractivity contribution in [3.05, 3.63) is 6.92 Å². The van der Waals surface area contributed by atoms with Crippen LogP contribution in [0.25, 0.3) is 0 Å². The third-order valence-corrected chi connectivity index (χ3v) is 0. The molecule has 0 rings (SSSR count). The summed E-state index contributed by atoms with van der Waals surface area (Å²) in [5.74, 6) is 0.472.